The minimum absolute atomic E-state index is 0.577. The van der Waals surface area contributed by atoms with Crippen LogP contribution in [-0.2, 0) is 4.79 Å². The van der Waals surface area contributed by atoms with Crippen LogP contribution in [0.2, 0.25) is 0 Å². The highest BCUT2D eigenvalue weighted by Gasteiger charge is 2.18. The molecule has 1 atom stereocenters. The molecule has 0 aromatic heterocycles. The molecule has 7 heteroatoms. The van der Waals surface area contributed by atoms with Gasteiger partial charge in [0.25, 0.3) is 0 Å². The second-order valence-electron chi connectivity index (χ2n) is 3.15. The second-order valence-corrected chi connectivity index (χ2v) is 4.31. The van der Waals surface area contributed by atoms with E-state index in [0.29, 0.717) is 5.69 Å². The normalized spacial score (nSPS) is 11.6. The van der Waals surface area contributed by atoms with E-state index in [1.54, 1.807) is 18.2 Å². The van der Waals surface area contributed by atoms with E-state index in [9.17, 15) is 9.59 Å². The Hall–Kier alpha value is -1.35. The van der Waals surface area contributed by atoms with Gasteiger partial charge in [0.15, 0.2) is 6.04 Å². The highest BCUT2D eigenvalue weighted by Crippen LogP contribution is 2.16. The number of para-hydroxylation sites is 1. The largest absolute Gasteiger partial charge is 0.480 e. The van der Waals surface area contributed by atoms with Crippen molar-refractivity contribution in [2.24, 2.45) is 0 Å². The Morgan fingerprint density at radius 2 is 2.00 bits per heavy atom. The van der Waals surface area contributed by atoms with E-state index in [1.165, 1.54) is 0 Å². The molecule has 2 amide bonds. The predicted molar refractivity (Wildman–Crippen MR) is 69.8 cm³/mol. The van der Waals surface area contributed by atoms with Gasteiger partial charge in [0.1, 0.15) is 0 Å². The first-order valence-corrected chi connectivity index (χ1v) is 5.78. The number of aliphatic carboxylic acids is 1. The predicted octanol–water partition coefficient (Wildman–Crippen LogP) is 0.858. The number of benzene rings is 1. The maximum atomic E-state index is 11.4. The molecule has 0 spiro atoms. The molecule has 92 valence electrons. The average Bonchev–Trinajstić information content (AvgIpc) is 2.28. The smallest absolute Gasteiger partial charge is 0.328 e. The third kappa shape index (κ3) is 4.19. The standard InChI is InChI=1S/C10H11IN2O4/c11-6-3-1-2-4-7(6)12-10(17)13-8(5-14)9(15)16/h1-4,8,14H,5H2,(H,15,16)(H2,12,13,17). The molecule has 0 aliphatic carbocycles. The molecule has 0 aliphatic rings. The van der Waals surface area contributed by atoms with Crippen molar-refractivity contribution in [3.05, 3.63) is 27.8 Å². The third-order valence-corrected chi connectivity index (χ3v) is 2.85. The summed E-state index contributed by atoms with van der Waals surface area (Å²) >= 11 is 2.04. The van der Waals surface area contributed by atoms with E-state index in [1.807, 2.05) is 28.7 Å². The molecule has 1 aromatic carbocycles. The Labute approximate surface area is 111 Å². The van der Waals surface area contributed by atoms with Crippen LogP contribution in [0.25, 0.3) is 0 Å². The fourth-order valence-corrected chi connectivity index (χ4v) is 1.59. The van der Waals surface area contributed by atoms with Crippen molar-refractivity contribution in [3.8, 4) is 0 Å². The lowest BCUT2D eigenvalue weighted by molar-refractivity contribution is -0.140. The molecular weight excluding hydrogens is 339 g/mol. The van der Waals surface area contributed by atoms with Crippen molar-refractivity contribution < 1.29 is 19.8 Å². The lowest BCUT2D eigenvalue weighted by Gasteiger charge is -2.13. The molecule has 0 heterocycles. The molecule has 1 unspecified atom stereocenters. The van der Waals surface area contributed by atoms with E-state index in [2.05, 4.69) is 10.6 Å². The number of carboxylic acid groups (broad SMARTS) is 1. The SMILES string of the molecule is O=C(Nc1ccccc1I)NC(CO)C(=O)O. The number of hydrogen-bond acceptors (Lipinski definition) is 3. The number of urea groups is 1. The quantitative estimate of drug-likeness (QED) is 0.606. The molecule has 0 aliphatic heterocycles. The van der Waals surface area contributed by atoms with Gasteiger partial charge in [0, 0.05) is 3.57 Å². The summed E-state index contributed by atoms with van der Waals surface area (Å²) in [5.74, 6) is -1.29. The van der Waals surface area contributed by atoms with Crippen LogP contribution < -0.4 is 10.6 Å². The van der Waals surface area contributed by atoms with E-state index >= 15 is 0 Å². The summed E-state index contributed by atoms with van der Waals surface area (Å²) in [6.07, 6.45) is 0. The number of amides is 2. The van der Waals surface area contributed by atoms with Gasteiger partial charge in [-0.05, 0) is 34.7 Å². The van der Waals surface area contributed by atoms with E-state index in [4.69, 9.17) is 10.2 Å². The molecule has 0 saturated heterocycles. The van der Waals surface area contributed by atoms with Crippen molar-refractivity contribution in [1.29, 1.82) is 0 Å². The summed E-state index contributed by atoms with van der Waals surface area (Å²) in [5, 5.41) is 22.0. The van der Waals surface area contributed by atoms with Gasteiger partial charge in [-0.25, -0.2) is 9.59 Å². The van der Waals surface area contributed by atoms with E-state index in [0.717, 1.165) is 3.57 Å². The zero-order valence-electron chi connectivity index (χ0n) is 8.68. The van der Waals surface area contributed by atoms with E-state index in [-0.39, 0.29) is 0 Å². The Balaban J connectivity index is 2.61. The Morgan fingerprint density at radius 3 is 2.53 bits per heavy atom. The molecule has 1 aromatic rings. The Kier molecular flexibility index (Phi) is 5.16. The Bertz CT molecular complexity index is 425. The molecule has 0 radical (unpaired) electrons. The number of hydrogen-bond donors (Lipinski definition) is 4. The number of halogens is 1. The maximum Gasteiger partial charge on any atom is 0.328 e. The highest BCUT2D eigenvalue weighted by molar-refractivity contribution is 14.1. The number of rotatable bonds is 4. The van der Waals surface area contributed by atoms with Gasteiger partial charge in [-0.1, -0.05) is 12.1 Å². The summed E-state index contributed by atoms with van der Waals surface area (Å²) in [7, 11) is 0. The van der Waals surface area contributed by atoms with Gasteiger partial charge in [0.05, 0.1) is 12.3 Å². The summed E-state index contributed by atoms with van der Waals surface area (Å²) in [5.41, 5.74) is 0.577. The molecule has 6 nitrogen and oxygen atoms in total. The van der Waals surface area contributed by atoms with Gasteiger partial charge < -0.3 is 20.8 Å². The topological polar surface area (TPSA) is 98.7 Å². The number of nitrogens with one attached hydrogen (secondary N) is 2. The van der Waals surface area contributed by atoms with Gasteiger partial charge >= 0.3 is 12.0 Å². The van der Waals surface area contributed by atoms with Gasteiger partial charge in [-0.2, -0.15) is 0 Å². The number of aliphatic hydroxyl groups excluding tert-OH is 1. The van der Waals surface area contributed by atoms with Gasteiger partial charge in [-0.15, -0.1) is 0 Å². The summed E-state index contributed by atoms with van der Waals surface area (Å²) in [6, 6.07) is 5.08. The van der Waals surface area contributed by atoms with Gasteiger partial charge in [-0.3, -0.25) is 0 Å². The maximum absolute atomic E-state index is 11.4. The lowest BCUT2D eigenvalue weighted by atomic mass is 10.3. The first kappa shape index (κ1) is 13.7. The second kappa shape index (κ2) is 6.40. The molecular formula is C10H11IN2O4. The van der Waals surface area contributed by atoms with Crippen LogP contribution in [0.5, 0.6) is 0 Å². The fraction of sp³-hybridized carbons (Fsp3) is 0.200. The zero-order valence-corrected chi connectivity index (χ0v) is 10.8. The van der Waals surface area contributed by atoms with Crippen LogP contribution in [0, 0.1) is 3.57 Å². The van der Waals surface area contributed by atoms with Gasteiger partial charge in [0.2, 0.25) is 0 Å². The molecule has 4 N–H and O–H groups in total. The monoisotopic (exact) mass is 350 g/mol. The lowest BCUT2D eigenvalue weighted by Crippen LogP contribution is -2.45. The number of carboxylic acids is 1. The minimum Gasteiger partial charge on any atom is -0.480 e. The van der Waals surface area contributed by atoms with Crippen molar-refractivity contribution >= 4 is 40.3 Å². The van der Waals surface area contributed by atoms with Crippen LogP contribution in [-0.4, -0.2) is 34.9 Å². The molecule has 0 bridgehead atoms. The van der Waals surface area contributed by atoms with Crippen molar-refractivity contribution in [3.63, 3.8) is 0 Å². The van der Waals surface area contributed by atoms with Crippen LogP contribution in [0.1, 0.15) is 0 Å². The minimum atomic E-state index is -1.31. The fourth-order valence-electron chi connectivity index (χ4n) is 1.06. The van der Waals surface area contributed by atoms with Crippen molar-refractivity contribution in [2.75, 3.05) is 11.9 Å². The first-order valence-electron chi connectivity index (χ1n) is 4.70. The van der Waals surface area contributed by atoms with E-state index < -0.39 is 24.6 Å². The number of aliphatic hydroxyl groups is 1. The van der Waals surface area contributed by atoms with Crippen LogP contribution in [0.4, 0.5) is 10.5 Å². The Morgan fingerprint density at radius 1 is 1.35 bits per heavy atom. The summed E-state index contributed by atoms with van der Waals surface area (Å²) in [4.78, 5) is 22.0. The molecule has 0 saturated carbocycles. The van der Waals surface area contributed by atoms with Crippen molar-refractivity contribution in [1.82, 2.24) is 5.32 Å². The van der Waals surface area contributed by atoms with Crippen LogP contribution in [0.15, 0.2) is 24.3 Å². The third-order valence-electron chi connectivity index (χ3n) is 1.91. The summed E-state index contributed by atoms with van der Waals surface area (Å²) < 4.78 is 0.830. The molecule has 17 heavy (non-hydrogen) atoms. The molecule has 1 rings (SSSR count). The van der Waals surface area contributed by atoms with Crippen LogP contribution >= 0.6 is 22.6 Å². The number of carbonyl (C=O) groups excluding carboxylic acids is 1. The summed E-state index contributed by atoms with van der Waals surface area (Å²) in [6.45, 7) is -0.658. The van der Waals surface area contributed by atoms with Crippen molar-refractivity contribution in [2.45, 2.75) is 6.04 Å². The number of anilines is 1. The molecule has 0 fully saturated rings. The number of carbonyl (C=O) groups is 2. The average molecular weight is 350 g/mol. The highest BCUT2D eigenvalue weighted by atomic mass is 127. The van der Waals surface area contributed by atoms with Crippen LogP contribution in [0.3, 0.4) is 0 Å². The first-order chi connectivity index (χ1) is 8.04. The zero-order chi connectivity index (χ0) is 12.8.